The summed E-state index contributed by atoms with van der Waals surface area (Å²) in [5, 5.41) is -0.0907. The first-order valence-corrected chi connectivity index (χ1v) is 8.00. The molecule has 1 aliphatic rings. The van der Waals surface area contributed by atoms with Gasteiger partial charge in [0.05, 0.1) is 5.38 Å². The minimum absolute atomic E-state index is 0.0907. The average Bonchev–Trinajstić information content (AvgIpc) is 2.45. The molecule has 2 aromatic rings. The van der Waals surface area contributed by atoms with Crippen molar-refractivity contribution in [3.63, 3.8) is 0 Å². The predicted molar refractivity (Wildman–Crippen MR) is 86.6 cm³/mol. The second kappa shape index (κ2) is 5.81. The third-order valence-corrected chi connectivity index (χ3v) is 5.13. The number of benzene rings is 2. The molecule has 2 heteroatoms. The maximum atomic E-state index is 13.5. The van der Waals surface area contributed by atoms with Gasteiger partial charge >= 0.3 is 0 Å². The maximum absolute atomic E-state index is 13.5. The number of aryl methyl sites for hydroxylation is 3. The zero-order chi connectivity index (χ0) is 15.0. The lowest BCUT2D eigenvalue weighted by molar-refractivity contribution is 0.535. The van der Waals surface area contributed by atoms with Crippen molar-refractivity contribution in [1.82, 2.24) is 0 Å². The molecule has 2 aromatic carbocycles. The molecule has 0 N–H and O–H groups in total. The second-order valence-electron chi connectivity index (χ2n) is 6.05. The van der Waals surface area contributed by atoms with Crippen LogP contribution in [0.3, 0.4) is 0 Å². The standard InChI is InChI=1S/C19H20ClF/c1-12-10-15(21)11-13(2)18(12)19(20)17-9-5-7-14-6-3-4-8-16(14)17/h3-4,6,8,10-11,17,19H,5,7,9H2,1-2H3. The Morgan fingerprint density at radius 1 is 1.14 bits per heavy atom. The van der Waals surface area contributed by atoms with Crippen molar-refractivity contribution in [2.75, 3.05) is 0 Å². The van der Waals surface area contributed by atoms with E-state index in [2.05, 4.69) is 24.3 Å². The summed E-state index contributed by atoms with van der Waals surface area (Å²) >= 11 is 6.85. The third kappa shape index (κ3) is 2.72. The molecule has 0 fully saturated rings. The van der Waals surface area contributed by atoms with Gasteiger partial charge in [0, 0.05) is 5.92 Å². The zero-order valence-electron chi connectivity index (χ0n) is 12.5. The van der Waals surface area contributed by atoms with Crippen molar-refractivity contribution in [1.29, 1.82) is 0 Å². The first-order chi connectivity index (χ1) is 10.1. The Morgan fingerprint density at radius 3 is 2.52 bits per heavy atom. The highest BCUT2D eigenvalue weighted by molar-refractivity contribution is 6.21. The van der Waals surface area contributed by atoms with Crippen molar-refractivity contribution < 1.29 is 4.39 Å². The van der Waals surface area contributed by atoms with Gasteiger partial charge in [-0.3, -0.25) is 0 Å². The molecule has 0 bridgehead atoms. The van der Waals surface area contributed by atoms with Crippen LogP contribution in [0.25, 0.3) is 0 Å². The SMILES string of the molecule is Cc1cc(F)cc(C)c1C(Cl)C1CCCc2ccccc21. The van der Waals surface area contributed by atoms with E-state index in [9.17, 15) is 4.39 Å². The average molecular weight is 303 g/mol. The summed E-state index contributed by atoms with van der Waals surface area (Å²) in [7, 11) is 0. The van der Waals surface area contributed by atoms with E-state index in [1.165, 1.54) is 17.5 Å². The van der Waals surface area contributed by atoms with Gasteiger partial charge in [-0.2, -0.15) is 0 Å². The fraction of sp³-hybridized carbons (Fsp3) is 0.368. The molecule has 21 heavy (non-hydrogen) atoms. The fourth-order valence-electron chi connectivity index (χ4n) is 3.65. The summed E-state index contributed by atoms with van der Waals surface area (Å²) in [5.41, 5.74) is 5.79. The predicted octanol–water partition coefficient (Wildman–Crippen LogP) is 5.84. The molecule has 0 heterocycles. The van der Waals surface area contributed by atoms with Crippen LogP contribution in [0.4, 0.5) is 4.39 Å². The Morgan fingerprint density at radius 2 is 1.81 bits per heavy atom. The van der Waals surface area contributed by atoms with Gasteiger partial charge in [-0.25, -0.2) is 4.39 Å². The molecule has 2 atom stereocenters. The van der Waals surface area contributed by atoms with Crippen molar-refractivity contribution in [3.8, 4) is 0 Å². The fourth-order valence-corrected chi connectivity index (χ4v) is 4.26. The number of hydrogen-bond donors (Lipinski definition) is 0. The van der Waals surface area contributed by atoms with Gasteiger partial charge < -0.3 is 0 Å². The maximum Gasteiger partial charge on any atom is 0.123 e. The highest BCUT2D eigenvalue weighted by atomic mass is 35.5. The van der Waals surface area contributed by atoms with E-state index in [0.717, 1.165) is 29.5 Å². The summed E-state index contributed by atoms with van der Waals surface area (Å²) in [6.07, 6.45) is 3.41. The van der Waals surface area contributed by atoms with Crippen molar-refractivity contribution in [2.24, 2.45) is 0 Å². The van der Waals surface area contributed by atoms with Crippen LogP contribution in [-0.4, -0.2) is 0 Å². The van der Waals surface area contributed by atoms with Gasteiger partial charge in [0.2, 0.25) is 0 Å². The van der Waals surface area contributed by atoms with Gasteiger partial charge in [-0.05, 0) is 73.1 Å². The molecule has 0 aromatic heterocycles. The Balaban J connectivity index is 2.03. The number of hydrogen-bond acceptors (Lipinski definition) is 0. The summed E-state index contributed by atoms with van der Waals surface area (Å²) < 4.78 is 13.5. The minimum atomic E-state index is -0.179. The van der Waals surface area contributed by atoms with Crippen molar-refractivity contribution in [2.45, 2.75) is 44.4 Å². The quantitative estimate of drug-likeness (QED) is 0.611. The van der Waals surface area contributed by atoms with E-state index >= 15 is 0 Å². The van der Waals surface area contributed by atoms with Crippen LogP contribution in [0, 0.1) is 19.7 Å². The van der Waals surface area contributed by atoms with E-state index < -0.39 is 0 Å². The lowest BCUT2D eigenvalue weighted by atomic mass is 9.78. The van der Waals surface area contributed by atoms with Crippen LogP contribution in [0.1, 0.15) is 52.0 Å². The van der Waals surface area contributed by atoms with Gasteiger partial charge in [0.15, 0.2) is 0 Å². The van der Waals surface area contributed by atoms with E-state index in [1.807, 2.05) is 13.8 Å². The van der Waals surface area contributed by atoms with Crippen LogP contribution in [0.2, 0.25) is 0 Å². The van der Waals surface area contributed by atoms with E-state index in [0.29, 0.717) is 5.92 Å². The molecular formula is C19H20ClF. The number of fused-ring (bicyclic) bond motifs is 1. The highest BCUT2D eigenvalue weighted by Gasteiger charge is 2.29. The lowest BCUT2D eigenvalue weighted by Crippen LogP contribution is -2.15. The zero-order valence-corrected chi connectivity index (χ0v) is 13.3. The molecule has 0 saturated carbocycles. The Labute approximate surface area is 131 Å². The van der Waals surface area contributed by atoms with Crippen LogP contribution in [0.15, 0.2) is 36.4 Å². The Bertz CT molecular complexity index is 639. The first kappa shape index (κ1) is 14.6. The highest BCUT2D eigenvalue weighted by Crippen LogP contribution is 2.45. The third-order valence-electron chi connectivity index (χ3n) is 4.60. The summed E-state index contributed by atoms with van der Waals surface area (Å²) in [6, 6.07) is 11.8. The smallest absolute Gasteiger partial charge is 0.123 e. The van der Waals surface area contributed by atoms with E-state index in [4.69, 9.17) is 11.6 Å². The largest absolute Gasteiger partial charge is 0.207 e. The number of alkyl halides is 1. The molecule has 0 saturated heterocycles. The lowest BCUT2D eigenvalue weighted by Gasteiger charge is -2.31. The molecule has 1 aliphatic carbocycles. The second-order valence-corrected chi connectivity index (χ2v) is 6.52. The molecule has 3 rings (SSSR count). The number of rotatable bonds is 2. The molecular weight excluding hydrogens is 283 g/mol. The monoisotopic (exact) mass is 302 g/mol. The molecule has 0 nitrogen and oxygen atoms in total. The van der Waals surface area contributed by atoms with Crippen LogP contribution in [-0.2, 0) is 6.42 Å². The Hall–Kier alpha value is -1.34. The summed E-state index contributed by atoms with van der Waals surface area (Å²) in [5.74, 6) is 0.140. The molecule has 2 unspecified atom stereocenters. The van der Waals surface area contributed by atoms with Crippen molar-refractivity contribution in [3.05, 3.63) is 70.0 Å². The first-order valence-electron chi connectivity index (χ1n) is 7.56. The Kier molecular flexibility index (Phi) is 4.03. The van der Waals surface area contributed by atoms with Crippen LogP contribution >= 0.6 is 11.6 Å². The van der Waals surface area contributed by atoms with Gasteiger partial charge in [-0.1, -0.05) is 24.3 Å². The van der Waals surface area contributed by atoms with Crippen molar-refractivity contribution >= 4 is 11.6 Å². The molecule has 0 spiro atoms. The molecule has 0 aliphatic heterocycles. The summed E-state index contributed by atoms with van der Waals surface area (Å²) in [6.45, 7) is 3.91. The summed E-state index contributed by atoms with van der Waals surface area (Å²) in [4.78, 5) is 0. The van der Waals surface area contributed by atoms with E-state index in [1.54, 1.807) is 12.1 Å². The van der Waals surface area contributed by atoms with Gasteiger partial charge in [0.1, 0.15) is 5.82 Å². The molecule has 0 amide bonds. The molecule has 110 valence electrons. The van der Waals surface area contributed by atoms with Gasteiger partial charge in [0.25, 0.3) is 0 Å². The van der Waals surface area contributed by atoms with Crippen LogP contribution < -0.4 is 0 Å². The topological polar surface area (TPSA) is 0 Å². The van der Waals surface area contributed by atoms with Crippen LogP contribution in [0.5, 0.6) is 0 Å². The van der Waals surface area contributed by atoms with E-state index in [-0.39, 0.29) is 11.2 Å². The molecule has 0 radical (unpaired) electrons. The minimum Gasteiger partial charge on any atom is -0.207 e. The number of halogens is 2. The normalized spacial score (nSPS) is 19.1. The van der Waals surface area contributed by atoms with Gasteiger partial charge in [-0.15, -0.1) is 11.6 Å².